The number of ether oxygens (including phenoxy) is 1. The smallest absolute Gasteiger partial charge is 0.261 e. The molecule has 41 heavy (non-hydrogen) atoms. The monoisotopic (exact) mass is 568 g/mol. The maximum absolute atomic E-state index is 7.55. The molecule has 0 bridgehead atoms. The van der Waals surface area contributed by atoms with Crippen molar-refractivity contribution in [3.05, 3.63) is 85.2 Å². The van der Waals surface area contributed by atoms with Crippen molar-refractivity contribution >= 4 is 41.8 Å². The maximum Gasteiger partial charge on any atom is 0.261 e. The number of nitrogens with zero attached hydrogens (tertiary/aromatic N) is 3. The molecule has 1 aliphatic carbocycles. The topological polar surface area (TPSA) is 107 Å². The van der Waals surface area contributed by atoms with Crippen LogP contribution in [0.4, 0.5) is 23.1 Å². The number of nitrogens with two attached hydrogens (primary N) is 1. The van der Waals surface area contributed by atoms with E-state index >= 15 is 0 Å². The van der Waals surface area contributed by atoms with E-state index in [0.717, 1.165) is 25.7 Å². The zero-order valence-corrected chi connectivity index (χ0v) is 25.3. The third-order valence-corrected chi connectivity index (χ3v) is 12.9. The zero-order chi connectivity index (χ0) is 28.9. The minimum atomic E-state index is -2.72. The van der Waals surface area contributed by atoms with Crippen molar-refractivity contribution in [2.24, 2.45) is 0 Å². The number of hydrogen-bond acceptors (Lipinski definition) is 8. The van der Waals surface area contributed by atoms with Gasteiger partial charge in [-0.1, -0.05) is 94.3 Å². The lowest BCUT2D eigenvalue weighted by molar-refractivity contribution is 0.129. The van der Waals surface area contributed by atoms with Crippen molar-refractivity contribution in [2.45, 2.75) is 63.6 Å². The molecule has 4 N–H and O–H groups in total. The molecule has 2 aromatic carbocycles. The third kappa shape index (κ3) is 6.06. The number of nitrogens with one attached hydrogen (secondary N) is 2. The molecule has 214 valence electrons. The van der Waals surface area contributed by atoms with Gasteiger partial charge in [-0.3, -0.25) is 0 Å². The van der Waals surface area contributed by atoms with Gasteiger partial charge < -0.3 is 25.5 Å². The number of benzene rings is 2. The van der Waals surface area contributed by atoms with Gasteiger partial charge in [0, 0.05) is 6.20 Å². The SMILES string of the molecule is COc1ncccc1Nc1ncc(N)c(N[C@H]2CCCC[C@H]2O[Si](c2ccccc2)(c2ccccc2)C(C)(C)C)n1. The number of pyridine rings is 1. The van der Waals surface area contributed by atoms with E-state index in [1.165, 1.54) is 10.4 Å². The highest BCUT2D eigenvalue weighted by Crippen LogP contribution is 2.40. The quantitative estimate of drug-likeness (QED) is 0.227. The molecule has 2 heterocycles. The normalized spacial score (nSPS) is 17.6. The molecule has 1 fully saturated rings. The number of hydrogen-bond donors (Lipinski definition) is 3. The fourth-order valence-corrected chi connectivity index (χ4v) is 10.6. The van der Waals surface area contributed by atoms with Gasteiger partial charge in [0.15, 0.2) is 5.82 Å². The summed E-state index contributed by atoms with van der Waals surface area (Å²) in [5.41, 5.74) is 7.56. The number of aromatic nitrogens is 3. The Morgan fingerprint density at radius 1 is 0.878 bits per heavy atom. The van der Waals surface area contributed by atoms with E-state index in [-0.39, 0.29) is 17.2 Å². The predicted molar refractivity (Wildman–Crippen MR) is 169 cm³/mol. The Kier molecular flexibility index (Phi) is 8.56. The van der Waals surface area contributed by atoms with Gasteiger partial charge >= 0.3 is 0 Å². The van der Waals surface area contributed by atoms with Gasteiger partial charge in [0.2, 0.25) is 11.8 Å². The Balaban J connectivity index is 1.47. The van der Waals surface area contributed by atoms with Crippen LogP contribution < -0.4 is 31.5 Å². The first-order valence-corrected chi connectivity index (χ1v) is 16.2. The van der Waals surface area contributed by atoms with Crippen molar-refractivity contribution in [2.75, 3.05) is 23.5 Å². The van der Waals surface area contributed by atoms with Crippen LogP contribution in [0.15, 0.2) is 85.2 Å². The third-order valence-electron chi connectivity index (χ3n) is 7.80. The van der Waals surface area contributed by atoms with E-state index in [1.807, 2.05) is 12.1 Å². The summed E-state index contributed by atoms with van der Waals surface area (Å²) >= 11 is 0. The summed E-state index contributed by atoms with van der Waals surface area (Å²) in [4.78, 5) is 13.4. The second-order valence-corrected chi connectivity index (χ2v) is 15.8. The summed E-state index contributed by atoms with van der Waals surface area (Å²) < 4.78 is 12.9. The van der Waals surface area contributed by atoms with Crippen LogP contribution in [0.2, 0.25) is 5.04 Å². The molecule has 0 spiro atoms. The zero-order valence-electron chi connectivity index (χ0n) is 24.3. The summed E-state index contributed by atoms with van der Waals surface area (Å²) in [5.74, 6) is 1.47. The molecule has 8 nitrogen and oxygen atoms in total. The molecule has 0 saturated heterocycles. The Hall–Kier alpha value is -3.95. The van der Waals surface area contributed by atoms with Crippen LogP contribution in [-0.2, 0) is 4.43 Å². The van der Waals surface area contributed by atoms with Gasteiger partial charge in [0.05, 0.1) is 31.1 Å². The molecular weight excluding hydrogens is 528 g/mol. The molecule has 1 aliphatic rings. The van der Waals surface area contributed by atoms with Crippen LogP contribution in [0.5, 0.6) is 5.88 Å². The molecule has 9 heteroatoms. The lowest BCUT2D eigenvalue weighted by Crippen LogP contribution is -2.68. The summed E-state index contributed by atoms with van der Waals surface area (Å²) in [6, 6.07) is 25.3. The molecule has 0 amide bonds. The van der Waals surface area contributed by atoms with Crippen LogP contribution in [0.1, 0.15) is 46.5 Å². The fraction of sp³-hybridized carbons (Fsp3) is 0.344. The molecule has 0 radical (unpaired) electrons. The van der Waals surface area contributed by atoms with Crippen molar-refractivity contribution in [1.29, 1.82) is 0 Å². The van der Waals surface area contributed by atoms with E-state index in [4.69, 9.17) is 19.9 Å². The van der Waals surface area contributed by atoms with Crippen LogP contribution in [0.3, 0.4) is 0 Å². The van der Waals surface area contributed by atoms with Crippen molar-refractivity contribution in [3.63, 3.8) is 0 Å². The molecule has 4 aromatic rings. The van der Waals surface area contributed by atoms with Gasteiger partial charge in [-0.15, -0.1) is 0 Å². The second-order valence-electron chi connectivity index (χ2n) is 11.5. The lowest BCUT2D eigenvalue weighted by atomic mass is 9.92. The van der Waals surface area contributed by atoms with Crippen molar-refractivity contribution in [3.8, 4) is 5.88 Å². The Morgan fingerprint density at radius 3 is 2.17 bits per heavy atom. The fourth-order valence-electron chi connectivity index (χ4n) is 5.83. The van der Waals surface area contributed by atoms with Gasteiger partial charge in [0.1, 0.15) is 5.69 Å². The van der Waals surface area contributed by atoms with Crippen molar-refractivity contribution in [1.82, 2.24) is 15.0 Å². The van der Waals surface area contributed by atoms with Gasteiger partial charge in [0.25, 0.3) is 8.32 Å². The minimum absolute atomic E-state index is 0.0146. The lowest BCUT2D eigenvalue weighted by Gasteiger charge is -2.47. The number of nitrogen functional groups attached to an aromatic ring is 1. The molecule has 0 unspecified atom stereocenters. The minimum Gasteiger partial charge on any atom is -0.480 e. The molecular formula is C32H40N6O2Si. The predicted octanol–water partition coefficient (Wildman–Crippen LogP) is 5.51. The standard InChI is InChI=1S/C32H40N6O2Si/c1-32(2,3)41(23-14-7-5-8-15-23,24-16-9-6-10-17-24)40-28-20-12-11-18-26(28)36-29-25(33)22-35-31(38-29)37-27-19-13-21-34-30(27)39-4/h5-10,13-17,19,21-22,26,28H,11-12,18,20,33H2,1-4H3,(H2,35,36,37,38)/t26-,28+/m0/s1. The summed E-state index contributed by atoms with van der Waals surface area (Å²) in [6.07, 6.45) is 7.45. The van der Waals surface area contributed by atoms with Crippen LogP contribution >= 0.6 is 0 Å². The van der Waals surface area contributed by atoms with Gasteiger partial charge in [-0.2, -0.15) is 4.98 Å². The highest BCUT2D eigenvalue weighted by molar-refractivity contribution is 6.99. The van der Waals surface area contributed by atoms with E-state index in [1.54, 1.807) is 19.5 Å². The molecule has 5 rings (SSSR count). The van der Waals surface area contributed by atoms with E-state index in [2.05, 4.69) is 102 Å². The van der Waals surface area contributed by atoms with Crippen molar-refractivity contribution < 1.29 is 9.16 Å². The average Bonchev–Trinajstić information content (AvgIpc) is 2.99. The Bertz CT molecular complexity index is 1390. The maximum atomic E-state index is 7.55. The Labute approximate surface area is 243 Å². The van der Waals surface area contributed by atoms with E-state index < -0.39 is 8.32 Å². The first-order valence-electron chi connectivity index (χ1n) is 14.3. The van der Waals surface area contributed by atoms with E-state index in [9.17, 15) is 0 Å². The van der Waals surface area contributed by atoms with Gasteiger partial charge in [-0.05, 0) is 40.4 Å². The Morgan fingerprint density at radius 2 is 1.54 bits per heavy atom. The van der Waals surface area contributed by atoms with Gasteiger partial charge in [-0.25, -0.2) is 9.97 Å². The molecule has 0 aliphatic heterocycles. The molecule has 2 atom stereocenters. The van der Waals surface area contributed by atoms with E-state index in [0.29, 0.717) is 29.0 Å². The number of rotatable bonds is 9. The average molecular weight is 569 g/mol. The number of anilines is 4. The highest BCUT2D eigenvalue weighted by atomic mass is 28.4. The summed E-state index contributed by atoms with van der Waals surface area (Å²) in [6.45, 7) is 6.95. The molecule has 1 saturated carbocycles. The van der Waals surface area contributed by atoms with Crippen LogP contribution in [0.25, 0.3) is 0 Å². The summed E-state index contributed by atoms with van der Waals surface area (Å²) in [5, 5.41) is 9.33. The molecule has 2 aromatic heterocycles. The first kappa shape index (κ1) is 28.6. The second kappa shape index (κ2) is 12.3. The van der Waals surface area contributed by atoms with Crippen LogP contribution in [-0.4, -0.2) is 42.5 Å². The highest BCUT2D eigenvalue weighted by Gasteiger charge is 2.52. The van der Waals surface area contributed by atoms with Crippen LogP contribution in [0, 0.1) is 0 Å². The first-order chi connectivity index (χ1) is 19.8. The largest absolute Gasteiger partial charge is 0.480 e. The summed E-state index contributed by atoms with van der Waals surface area (Å²) in [7, 11) is -1.14. The number of methoxy groups -OCH3 is 1.